The van der Waals surface area contributed by atoms with E-state index in [0.29, 0.717) is 13.0 Å². The van der Waals surface area contributed by atoms with Gasteiger partial charge in [0.15, 0.2) is 0 Å². The zero-order valence-corrected chi connectivity index (χ0v) is 11.7. The van der Waals surface area contributed by atoms with Crippen molar-refractivity contribution in [2.75, 3.05) is 12.3 Å². The fourth-order valence-electron chi connectivity index (χ4n) is 0.755. The zero-order chi connectivity index (χ0) is 11.4. The number of rotatable bonds is 5. The Bertz CT molecular complexity index is 254. The molecule has 14 heavy (non-hydrogen) atoms. The van der Waals surface area contributed by atoms with Gasteiger partial charge >= 0.3 is 0 Å². The Morgan fingerprint density at radius 1 is 1.36 bits per heavy atom. The first-order valence-corrected chi connectivity index (χ1v) is 7.30. The van der Waals surface area contributed by atoms with Gasteiger partial charge in [0, 0.05) is 11.4 Å². The maximum absolute atomic E-state index is 11.4. The minimum Gasteiger partial charge on any atom is -0.214 e. The highest BCUT2D eigenvalue weighted by Crippen LogP contribution is 2.18. The molecule has 0 saturated heterocycles. The van der Waals surface area contributed by atoms with E-state index in [4.69, 9.17) is 0 Å². The molecule has 0 aliphatic heterocycles. The average Bonchev–Trinajstić information content (AvgIpc) is 1.97. The van der Waals surface area contributed by atoms with E-state index in [1.54, 1.807) is 0 Å². The fraction of sp³-hybridized carbons (Fsp3) is 1.00. The van der Waals surface area contributed by atoms with Crippen LogP contribution in [0.2, 0.25) is 0 Å². The molecule has 1 N–H and O–H groups in total. The Balaban J connectivity index is 3.97. The first-order valence-electron chi connectivity index (χ1n) is 4.74. The van der Waals surface area contributed by atoms with Crippen molar-refractivity contribution in [1.29, 1.82) is 0 Å². The number of halogens is 1. The monoisotopic (exact) mass is 285 g/mol. The van der Waals surface area contributed by atoms with E-state index in [0.717, 1.165) is 0 Å². The van der Waals surface area contributed by atoms with Crippen molar-refractivity contribution >= 4 is 26.0 Å². The Hall–Kier alpha value is 0.390. The summed E-state index contributed by atoms with van der Waals surface area (Å²) in [6, 6.07) is 0. The van der Waals surface area contributed by atoms with E-state index in [2.05, 4.69) is 20.7 Å². The van der Waals surface area contributed by atoms with Crippen LogP contribution in [0.4, 0.5) is 0 Å². The van der Waals surface area contributed by atoms with Gasteiger partial charge in [-0.25, -0.2) is 13.1 Å². The van der Waals surface area contributed by atoms with E-state index in [1.165, 1.54) is 0 Å². The molecular formula is C9H20BrNO2S. The quantitative estimate of drug-likeness (QED) is 0.787. The van der Waals surface area contributed by atoms with Crippen molar-refractivity contribution in [2.24, 2.45) is 5.41 Å². The van der Waals surface area contributed by atoms with Gasteiger partial charge in [0.2, 0.25) is 10.0 Å². The standard InChI is InChI=1S/C9H20BrNO2S/c1-8(10)7-11-14(12,13)6-5-9(2,3)4/h8,11H,5-7H2,1-4H3. The van der Waals surface area contributed by atoms with Gasteiger partial charge in [0.25, 0.3) is 0 Å². The lowest BCUT2D eigenvalue weighted by Gasteiger charge is -2.18. The van der Waals surface area contributed by atoms with Crippen LogP contribution in [0.1, 0.15) is 34.1 Å². The van der Waals surface area contributed by atoms with Crippen molar-refractivity contribution in [3.63, 3.8) is 0 Å². The van der Waals surface area contributed by atoms with Crippen LogP contribution < -0.4 is 4.72 Å². The van der Waals surface area contributed by atoms with Crippen molar-refractivity contribution in [2.45, 2.75) is 38.9 Å². The number of sulfonamides is 1. The van der Waals surface area contributed by atoms with Crippen LogP contribution in [0.5, 0.6) is 0 Å². The molecule has 0 radical (unpaired) electrons. The van der Waals surface area contributed by atoms with Gasteiger partial charge in [-0.3, -0.25) is 0 Å². The zero-order valence-electron chi connectivity index (χ0n) is 9.30. The van der Waals surface area contributed by atoms with Crippen LogP contribution in [0, 0.1) is 5.41 Å². The Labute approximate surface area is 95.8 Å². The first kappa shape index (κ1) is 14.4. The summed E-state index contributed by atoms with van der Waals surface area (Å²) in [5.74, 6) is 0.205. The predicted molar refractivity (Wildman–Crippen MR) is 64.3 cm³/mol. The van der Waals surface area contributed by atoms with Crippen LogP contribution >= 0.6 is 15.9 Å². The molecule has 0 aromatic heterocycles. The van der Waals surface area contributed by atoms with Gasteiger partial charge in [0.1, 0.15) is 0 Å². The van der Waals surface area contributed by atoms with E-state index < -0.39 is 10.0 Å². The van der Waals surface area contributed by atoms with Crippen molar-refractivity contribution < 1.29 is 8.42 Å². The van der Waals surface area contributed by atoms with Gasteiger partial charge in [0.05, 0.1) is 5.75 Å². The predicted octanol–water partition coefficient (Wildman–Crippen LogP) is 2.13. The molecule has 0 saturated carbocycles. The lowest BCUT2D eigenvalue weighted by Crippen LogP contribution is -2.31. The maximum atomic E-state index is 11.4. The highest BCUT2D eigenvalue weighted by molar-refractivity contribution is 9.09. The lowest BCUT2D eigenvalue weighted by atomic mass is 9.94. The second kappa shape index (κ2) is 5.47. The molecule has 0 heterocycles. The molecule has 1 unspecified atom stereocenters. The number of hydrogen-bond donors (Lipinski definition) is 1. The first-order chi connectivity index (χ1) is 6.12. The smallest absolute Gasteiger partial charge is 0.211 e. The molecule has 0 aromatic rings. The third kappa shape index (κ3) is 8.97. The summed E-state index contributed by atoms with van der Waals surface area (Å²) < 4.78 is 25.5. The summed E-state index contributed by atoms with van der Waals surface area (Å²) in [6.07, 6.45) is 0.680. The van der Waals surface area contributed by atoms with Crippen LogP contribution in [-0.4, -0.2) is 25.5 Å². The lowest BCUT2D eigenvalue weighted by molar-refractivity contribution is 0.396. The molecular weight excluding hydrogens is 266 g/mol. The summed E-state index contributed by atoms with van der Waals surface area (Å²) in [4.78, 5) is 0.173. The van der Waals surface area contributed by atoms with Gasteiger partial charge < -0.3 is 0 Å². The van der Waals surface area contributed by atoms with E-state index in [-0.39, 0.29) is 16.0 Å². The van der Waals surface area contributed by atoms with Crippen molar-refractivity contribution in [3.8, 4) is 0 Å². The van der Waals surface area contributed by atoms with Crippen LogP contribution in [0.15, 0.2) is 0 Å². The SMILES string of the molecule is CC(Br)CNS(=O)(=O)CCC(C)(C)C. The number of hydrogen-bond acceptors (Lipinski definition) is 2. The second-order valence-electron chi connectivity index (χ2n) is 4.76. The largest absolute Gasteiger partial charge is 0.214 e. The Morgan fingerprint density at radius 2 is 1.86 bits per heavy atom. The highest BCUT2D eigenvalue weighted by Gasteiger charge is 2.17. The summed E-state index contributed by atoms with van der Waals surface area (Å²) in [6.45, 7) is 8.47. The molecule has 86 valence electrons. The molecule has 5 heteroatoms. The molecule has 3 nitrogen and oxygen atoms in total. The molecule has 1 atom stereocenters. The Morgan fingerprint density at radius 3 is 2.21 bits per heavy atom. The van der Waals surface area contributed by atoms with Gasteiger partial charge in [-0.05, 0) is 11.8 Å². The minimum atomic E-state index is -3.09. The van der Waals surface area contributed by atoms with Gasteiger partial charge in [-0.15, -0.1) is 0 Å². The van der Waals surface area contributed by atoms with Crippen LogP contribution in [0.25, 0.3) is 0 Å². The molecule has 0 spiro atoms. The highest BCUT2D eigenvalue weighted by atomic mass is 79.9. The van der Waals surface area contributed by atoms with E-state index in [1.807, 2.05) is 27.7 Å². The third-order valence-corrected chi connectivity index (χ3v) is 3.38. The van der Waals surface area contributed by atoms with Crippen molar-refractivity contribution in [3.05, 3.63) is 0 Å². The molecule has 0 aliphatic rings. The normalized spacial score (nSPS) is 15.5. The van der Waals surface area contributed by atoms with Crippen molar-refractivity contribution in [1.82, 2.24) is 4.72 Å². The van der Waals surface area contributed by atoms with E-state index in [9.17, 15) is 8.42 Å². The molecule has 0 aromatic carbocycles. The Kier molecular flexibility index (Phi) is 5.62. The average molecular weight is 286 g/mol. The topological polar surface area (TPSA) is 46.2 Å². The number of alkyl halides is 1. The summed E-state index contributed by atoms with van der Waals surface area (Å²) in [7, 11) is -3.09. The molecule has 0 amide bonds. The molecule has 0 fully saturated rings. The summed E-state index contributed by atoms with van der Waals surface area (Å²) >= 11 is 3.29. The number of nitrogens with one attached hydrogen (secondary N) is 1. The van der Waals surface area contributed by atoms with E-state index >= 15 is 0 Å². The van der Waals surface area contributed by atoms with Gasteiger partial charge in [-0.1, -0.05) is 43.6 Å². The molecule has 0 aliphatic carbocycles. The van der Waals surface area contributed by atoms with Crippen LogP contribution in [0.3, 0.4) is 0 Å². The fourth-order valence-corrected chi connectivity index (χ4v) is 2.66. The minimum absolute atomic E-state index is 0.0643. The molecule has 0 bridgehead atoms. The maximum Gasteiger partial charge on any atom is 0.211 e. The second-order valence-corrected chi connectivity index (χ2v) is 8.25. The van der Waals surface area contributed by atoms with Crippen LogP contribution in [-0.2, 0) is 10.0 Å². The van der Waals surface area contributed by atoms with Gasteiger partial charge in [-0.2, -0.15) is 0 Å². The molecule has 0 rings (SSSR count). The summed E-state index contributed by atoms with van der Waals surface area (Å²) in [5.41, 5.74) is 0.0643. The third-order valence-electron chi connectivity index (χ3n) is 1.71. The summed E-state index contributed by atoms with van der Waals surface area (Å²) in [5, 5.41) is 0.